The van der Waals surface area contributed by atoms with Crippen molar-refractivity contribution in [1.82, 2.24) is 14.9 Å². The topological polar surface area (TPSA) is 84.2 Å². The Bertz CT molecular complexity index is 1120. The van der Waals surface area contributed by atoms with Gasteiger partial charge in [-0.3, -0.25) is 4.79 Å². The molecule has 6 nitrogen and oxygen atoms in total. The maximum Gasteiger partial charge on any atom is 0.326 e. The normalized spacial score (nSPS) is 19.6. The molecule has 0 spiro atoms. The SMILES string of the molecule is CC(C)CC(NC(=O)c1ccc2c(c1)nc(Cc1ccsc1)n2[C@H]1CCCCC1C)C(=O)O. The second kappa shape index (κ2) is 10.1. The number of fused-ring (bicyclic) bond motifs is 1. The molecule has 0 aliphatic heterocycles. The lowest BCUT2D eigenvalue weighted by atomic mass is 9.85. The van der Waals surface area contributed by atoms with E-state index < -0.39 is 12.0 Å². The highest BCUT2D eigenvalue weighted by atomic mass is 32.1. The predicted molar refractivity (Wildman–Crippen MR) is 132 cm³/mol. The van der Waals surface area contributed by atoms with Crippen LogP contribution in [-0.2, 0) is 11.2 Å². The highest BCUT2D eigenvalue weighted by Gasteiger charge is 2.28. The molecule has 1 aliphatic rings. The van der Waals surface area contributed by atoms with E-state index >= 15 is 0 Å². The van der Waals surface area contributed by atoms with E-state index in [0.717, 1.165) is 29.7 Å². The fraction of sp³-hybridized carbons (Fsp3) is 0.500. The van der Waals surface area contributed by atoms with Crippen LogP contribution in [0.2, 0.25) is 0 Å². The number of benzene rings is 1. The Morgan fingerprint density at radius 1 is 1.24 bits per heavy atom. The van der Waals surface area contributed by atoms with Gasteiger partial charge in [0.05, 0.1) is 11.0 Å². The van der Waals surface area contributed by atoms with Crippen molar-refractivity contribution in [3.05, 3.63) is 52.0 Å². The summed E-state index contributed by atoms with van der Waals surface area (Å²) >= 11 is 1.69. The van der Waals surface area contributed by atoms with Crippen LogP contribution >= 0.6 is 11.3 Å². The van der Waals surface area contributed by atoms with Crippen LogP contribution in [0.4, 0.5) is 0 Å². The summed E-state index contributed by atoms with van der Waals surface area (Å²) in [4.78, 5) is 29.4. The van der Waals surface area contributed by atoms with Crippen molar-refractivity contribution in [3.63, 3.8) is 0 Å². The van der Waals surface area contributed by atoms with Gasteiger partial charge in [-0.25, -0.2) is 9.78 Å². The molecule has 0 radical (unpaired) electrons. The van der Waals surface area contributed by atoms with Crippen LogP contribution in [0.3, 0.4) is 0 Å². The van der Waals surface area contributed by atoms with Gasteiger partial charge >= 0.3 is 5.97 Å². The molecule has 3 atom stereocenters. The number of aromatic nitrogens is 2. The molecule has 1 saturated carbocycles. The van der Waals surface area contributed by atoms with E-state index in [0.29, 0.717) is 23.9 Å². The summed E-state index contributed by atoms with van der Waals surface area (Å²) in [6, 6.07) is 7.22. The van der Waals surface area contributed by atoms with Crippen LogP contribution in [0, 0.1) is 11.8 Å². The number of carbonyl (C=O) groups excluding carboxylic acids is 1. The Morgan fingerprint density at radius 2 is 2.03 bits per heavy atom. The van der Waals surface area contributed by atoms with E-state index in [4.69, 9.17) is 4.98 Å². The summed E-state index contributed by atoms with van der Waals surface area (Å²) in [5.74, 6) is 0.397. The Morgan fingerprint density at radius 3 is 2.70 bits per heavy atom. The molecular formula is C26H33N3O3S. The fourth-order valence-electron chi connectivity index (χ4n) is 4.98. The molecular weight excluding hydrogens is 434 g/mol. The highest BCUT2D eigenvalue weighted by molar-refractivity contribution is 7.07. The number of aliphatic carboxylic acids is 1. The number of rotatable bonds is 8. The zero-order valence-corrected chi connectivity index (χ0v) is 20.4. The second-order valence-electron chi connectivity index (χ2n) is 9.73. The second-order valence-corrected chi connectivity index (χ2v) is 10.5. The van der Waals surface area contributed by atoms with Crippen LogP contribution in [0.1, 0.15) is 80.7 Å². The number of nitrogens with one attached hydrogen (secondary N) is 1. The quantitative estimate of drug-likeness (QED) is 0.447. The van der Waals surface area contributed by atoms with E-state index in [1.54, 1.807) is 23.5 Å². The van der Waals surface area contributed by atoms with E-state index in [9.17, 15) is 14.7 Å². The maximum absolute atomic E-state index is 12.9. The summed E-state index contributed by atoms with van der Waals surface area (Å²) in [5.41, 5.74) is 3.53. The highest BCUT2D eigenvalue weighted by Crippen LogP contribution is 2.37. The van der Waals surface area contributed by atoms with E-state index in [1.165, 1.54) is 24.8 Å². The Kier molecular flexibility index (Phi) is 7.17. The average Bonchev–Trinajstić information content (AvgIpc) is 3.40. The van der Waals surface area contributed by atoms with Crippen molar-refractivity contribution in [3.8, 4) is 0 Å². The predicted octanol–water partition coefficient (Wildman–Crippen LogP) is 5.67. The Hall–Kier alpha value is -2.67. The molecule has 1 aliphatic carbocycles. The number of carboxylic acid groups (broad SMARTS) is 1. The first kappa shape index (κ1) is 23.5. The van der Waals surface area contributed by atoms with Gasteiger partial charge in [0.25, 0.3) is 5.91 Å². The van der Waals surface area contributed by atoms with Crippen molar-refractivity contribution < 1.29 is 14.7 Å². The number of carboxylic acids is 1. The molecule has 0 bridgehead atoms. The molecule has 1 amide bonds. The van der Waals surface area contributed by atoms with Gasteiger partial charge in [-0.15, -0.1) is 0 Å². The van der Waals surface area contributed by atoms with Gasteiger partial charge in [0.1, 0.15) is 11.9 Å². The minimum absolute atomic E-state index is 0.168. The number of amides is 1. The van der Waals surface area contributed by atoms with Gasteiger partial charge in [0.2, 0.25) is 0 Å². The van der Waals surface area contributed by atoms with E-state index in [2.05, 4.69) is 33.6 Å². The number of hydrogen-bond donors (Lipinski definition) is 2. The molecule has 1 fully saturated rings. The monoisotopic (exact) mass is 467 g/mol. The lowest BCUT2D eigenvalue weighted by Crippen LogP contribution is -2.41. The van der Waals surface area contributed by atoms with Gasteiger partial charge in [-0.05, 0) is 71.7 Å². The minimum Gasteiger partial charge on any atom is -0.480 e. The molecule has 4 rings (SSSR count). The third-order valence-electron chi connectivity index (χ3n) is 6.68. The standard InChI is InChI=1S/C26H33N3O3S/c1-16(2)12-21(26(31)32)28-25(30)19-8-9-23-20(14-19)27-24(13-18-10-11-33-15-18)29(23)22-7-5-4-6-17(22)3/h8-11,14-17,21-22H,4-7,12-13H2,1-3H3,(H,28,30)(H,31,32)/t17?,21?,22-/m0/s1. The number of imidazole rings is 1. The van der Waals surface area contributed by atoms with E-state index in [1.807, 2.05) is 19.9 Å². The Labute approximate surface area is 199 Å². The smallest absolute Gasteiger partial charge is 0.326 e. The maximum atomic E-state index is 12.9. The summed E-state index contributed by atoms with van der Waals surface area (Å²) in [6.07, 6.45) is 6.01. The Balaban J connectivity index is 1.68. The molecule has 2 N–H and O–H groups in total. The van der Waals surface area contributed by atoms with Crippen LogP contribution in [0.15, 0.2) is 35.0 Å². The summed E-state index contributed by atoms with van der Waals surface area (Å²) in [6.45, 7) is 6.22. The third kappa shape index (κ3) is 5.29. The number of carbonyl (C=O) groups is 2. The van der Waals surface area contributed by atoms with Gasteiger partial charge in [-0.2, -0.15) is 11.3 Å². The van der Waals surface area contributed by atoms with Crippen LogP contribution < -0.4 is 5.32 Å². The van der Waals surface area contributed by atoms with Crippen LogP contribution in [-0.4, -0.2) is 32.6 Å². The molecule has 7 heteroatoms. The minimum atomic E-state index is -1.01. The molecule has 2 aromatic heterocycles. The fourth-order valence-corrected chi connectivity index (χ4v) is 5.64. The lowest BCUT2D eigenvalue weighted by molar-refractivity contribution is -0.139. The molecule has 2 unspecified atom stereocenters. The zero-order valence-electron chi connectivity index (χ0n) is 19.6. The van der Waals surface area contributed by atoms with E-state index in [-0.39, 0.29) is 11.8 Å². The first-order chi connectivity index (χ1) is 15.8. The average molecular weight is 468 g/mol. The summed E-state index contributed by atoms with van der Waals surface area (Å²) < 4.78 is 2.40. The molecule has 2 heterocycles. The molecule has 0 saturated heterocycles. The third-order valence-corrected chi connectivity index (χ3v) is 7.41. The molecule has 176 valence electrons. The van der Waals surface area contributed by atoms with Crippen molar-refractivity contribution in [2.24, 2.45) is 11.8 Å². The molecule has 3 aromatic rings. The summed E-state index contributed by atoms with van der Waals surface area (Å²) in [7, 11) is 0. The van der Waals surface area contributed by atoms with Gasteiger partial charge < -0.3 is 15.0 Å². The lowest BCUT2D eigenvalue weighted by Gasteiger charge is -2.31. The number of thiophene rings is 1. The first-order valence-electron chi connectivity index (χ1n) is 11.9. The number of nitrogens with zero attached hydrogens (tertiary/aromatic N) is 2. The van der Waals surface area contributed by atoms with Crippen molar-refractivity contribution in [1.29, 1.82) is 0 Å². The van der Waals surface area contributed by atoms with Crippen LogP contribution in [0.5, 0.6) is 0 Å². The number of hydrogen-bond acceptors (Lipinski definition) is 4. The first-order valence-corrected chi connectivity index (χ1v) is 12.8. The van der Waals surface area contributed by atoms with Gasteiger partial charge in [0.15, 0.2) is 0 Å². The molecule has 1 aromatic carbocycles. The van der Waals surface area contributed by atoms with Crippen molar-refractivity contribution in [2.75, 3.05) is 0 Å². The van der Waals surface area contributed by atoms with Crippen molar-refractivity contribution >= 4 is 34.2 Å². The van der Waals surface area contributed by atoms with Gasteiger partial charge in [0, 0.05) is 18.0 Å². The molecule has 33 heavy (non-hydrogen) atoms. The zero-order chi connectivity index (χ0) is 23.5. The van der Waals surface area contributed by atoms with Crippen molar-refractivity contribution in [2.45, 2.75) is 71.4 Å². The summed E-state index contributed by atoms with van der Waals surface area (Å²) in [5, 5.41) is 16.4. The van der Waals surface area contributed by atoms with Gasteiger partial charge in [-0.1, -0.05) is 33.6 Å². The van der Waals surface area contributed by atoms with Crippen LogP contribution in [0.25, 0.3) is 11.0 Å². The largest absolute Gasteiger partial charge is 0.480 e.